The first-order valence-corrected chi connectivity index (χ1v) is 6.11. The van der Waals surface area contributed by atoms with Crippen molar-refractivity contribution in [2.45, 2.75) is 6.54 Å². The summed E-state index contributed by atoms with van der Waals surface area (Å²) in [4.78, 5) is 18.0. The van der Waals surface area contributed by atoms with Crippen LogP contribution in [0.3, 0.4) is 0 Å². The lowest BCUT2D eigenvalue weighted by Crippen LogP contribution is -2.27. The van der Waals surface area contributed by atoms with Gasteiger partial charge in [0.2, 0.25) is 0 Å². The third-order valence-electron chi connectivity index (χ3n) is 3.07. The Kier molecular flexibility index (Phi) is 3.93. The quantitative estimate of drug-likeness (QED) is 0.916. The van der Waals surface area contributed by atoms with Gasteiger partial charge in [0.15, 0.2) is 11.5 Å². The number of imidazole rings is 1. The van der Waals surface area contributed by atoms with Gasteiger partial charge in [-0.3, -0.25) is 4.79 Å². The van der Waals surface area contributed by atoms with E-state index in [9.17, 15) is 9.90 Å². The second-order valence-corrected chi connectivity index (χ2v) is 4.50. The van der Waals surface area contributed by atoms with Gasteiger partial charge >= 0.3 is 0 Å². The molecular weight excluding hydrogens is 258 g/mol. The van der Waals surface area contributed by atoms with Crippen LogP contribution in [0, 0.1) is 0 Å². The van der Waals surface area contributed by atoms with Crippen LogP contribution in [0.1, 0.15) is 16.2 Å². The van der Waals surface area contributed by atoms with Crippen LogP contribution >= 0.6 is 0 Å². The topological polar surface area (TPSA) is 67.6 Å². The van der Waals surface area contributed by atoms with Gasteiger partial charge in [0.1, 0.15) is 5.82 Å². The van der Waals surface area contributed by atoms with Gasteiger partial charge in [-0.2, -0.15) is 0 Å². The molecule has 2 rings (SSSR count). The maximum atomic E-state index is 12.3. The van der Waals surface area contributed by atoms with Gasteiger partial charge in [0.05, 0.1) is 13.7 Å². The number of hydrogen-bond donors (Lipinski definition) is 1. The molecule has 1 aromatic carbocycles. The van der Waals surface area contributed by atoms with Crippen molar-refractivity contribution in [2.24, 2.45) is 7.05 Å². The van der Waals surface area contributed by atoms with Crippen LogP contribution in [0.2, 0.25) is 0 Å². The minimum absolute atomic E-state index is 0.0521. The summed E-state index contributed by atoms with van der Waals surface area (Å²) in [6.07, 6.45) is 3.51. The average molecular weight is 275 g/mol. The maximum absolute atomic E-state index is 12.3. The molecule has 0 saturated heterocycles. The van der Waals surface area contributed by atoms with E-state index in [1.807, 2.05) is 17.8 Å². The van der Waals surface area contributed by atoms with Crippen LogP contribution in [0.25, 0.3) is 0 Å². The molecule has 106 valence electrons. The number of phenolic OH excluding ortho intramolecular Hbond substituents is 1. The summed E-state index contributed by atoms with van der Waals surface area (Å²) in [5, 5.41) is 9.71. The Hall–Kier alpha value is -2.50. The SMILES string of the molecule is COc1ccc(C(=O)N(C)Cc2nccn2C)cc1O. The van der Waals surface area contributed by atoms with Gasteiger partial charge in [-0.05, 0) is 18.2 Å². The summed E-state index contributed by atoms with van der Waals surface area (Å²) in [7, 11) is 5.03. The summed E-state index contributed by atoms with van der Waals surface area (Å²) in [5.41, 5.74) is 0.403. The van der Waals surface area contributed by atoms with E-state index in [1.165, 1.54) is 13.2 Å². The second-order valence-electron chi connectivity index (χ2n) is 4.50. The molecule has 2 aromatic rings. The largest absolute Gasteiger partial charge is 0.504 e. The third-order valence-corrected chi connectivity index (χ3v) is 3.07. The van der Waals surface area contributed by atoms with Crippen molar-refractivity contribution in [3.8, 4) is 11.5 Å². The van der Waals surface area contributed by atoms with Crippen molar-refractivity contribution in [3.63, 3.8) is 0 Å². The van der Waals surface area contributed by atoms with Gasteiger partial charge in [-0.15, -0.1) is 0 Å². The molecule has 0 fully saturated rings. The van der Waals surface area contributed by atoms with Crippen molar-refractivity contribution < 1.29 is 14.6 Å². The molecular formula is C14H17N3O3. The number of amides is 1. The summed E-state index contributed by atoms with van der Waals surface area (Å²) >= 11 is 0. The van der Waals surface area contributed by atoms with E-state index in [0.29, 0.717) is 17.9 Å². The molecule has 1 heterocycles. The molecule has 0 aliphatic heterocycles. The molecule has 0 unspecified atom stereocenters. The van der Waals surface area contributed by atoms with Crippen LogP contribution in [-0.2, 0) is 13.6 Å². The first kappa shape index (κ1) is 13.9. The van der Waals surface area contributed by atoms with E-state index in [1.54, 1.807) is 30.3 Å². The summed E-state index contributed by atoms with van der Waals surface area (Å²) < 4.78 is 6.81. The van der Waals surface area contributed by atoms with Crippen molar-refractivity contribution >= 4 is 5.91 Å². The molecule has 0 radical (unpaired) electrons. The number of aryl methyl sites for hydroxylation is 1. The number of phenols is 1. The first-order valence-electron chi connectivity index (χ1n) is 6.11. The molecule has 1 amide bonds. The minimum Gasteiger partial charge on any atom is -0.504 e. The molecule has 0 saturated carbocycles. The number of carbonyl (C=O) groups is 1. The van der Waals surface area contributed by atoms with E-state index in [0.717, 1.165) is 5.82 Å². The van der Waals surface area contributed by atoms with Crippen LogP contribution < -0.4 is 4.74 Å². The number of aromatic hydroxyl groups is 1. The highest BCUT2D eigenvalue weighted by molar-refractivity contribution is 5.94. The second kappa shape index (κ2) is 5.64. The standard InChI is InChI=1S/C14H17N3O3/c1-16-7-6-15-13(16)9-17(2)14(19)10-4-5-12(20-3)11(18)8-10/h4-8,18H,9H2,1-3H3. The van der Waals surface area contributed by atoms with E-state index < -0.39 is 0 Å². The van der Waals surface area contributed by atoms with E-state index >= 15 is 0 Å². The smallest absolute Gasteiger partial charge is 0.254 e. The van der Waals surface area contributed by atoms with E-state index in [-0.39, 0.29) is 11.7 Å². The predicted molar refractivity (Wildman–Crippen MR) is 73.7 cm³/mol. The lowest BCUT2D eigenvalue weighted by Gasteiger charge is -2.17. The fraction of sp³-hybridized carbons (Fsp3) is 0.286. The fourth-order valence-corrected chi connectivity index (χ4v) is 1.88. The predicted octanol–water partition coefficient (Wildman–Crippen LogP) is 1.41. The molecule has 6 nitrogen and oxygen atoms in total. The summed E-state index contributed by atoms with van der Waals surface area (Å²) in [5.74, 6) is 0.890. The van der Waals surface area contributed by atoms with Gasteiger partial charge in [-0.1, -0.05) is 0 Å². The maximum Gasteiger partial charge on any atom is 0.254 e. The molecule has 0 aliphatic carbocycles. The number of methoxy groups -OCH3 is 1. The Bertz CT molecular complexity index is 622. The molecule has 0 aliphatic rings. The van der Waals surface area contributed by atoms with Gasteiger partial charge < -0.3 is 19.3 Å². The third kappa shape index (κ3) is 2.74. The zero-order valence-electron chi connectivity index (χ0n) is 11.7. The first-order chi connectivity index (χ1) is 9.52. The fourth-order valence-electron chi connectivity index (χ4n) is 1.88. The number of nitrogens with zero attached hydrogens (tertiary/aromatic N) is 3. The van der Waals surface area contributed by atoms with Gasteiger partial charge in [-0.25, -0.2) is 4.98 Å². The van der Waals surface area contributed by atoms with Gasteiger partial charge in [0, 0.05) is 32.1 Å². The van der Waals surface area contributed by atoms with Crippen molar-refractivity contribution in [1.82, 2.24) is 14.5 Å². The monoisotopic (exact) mass is 275 g/mol. The summed E-state index contributed by atoms with van der Waals surface area (Å²) in [6.45, 7) is 0.398. The number of carbonyl (C=O) groups excluding carboxylic acids is 1. The Labute approximate surface area is 117 Å². The number of benzene rings is 1. The van der Waals surface area contributed by atoms with Gasteiger partial charge in [0.25, 0.3) is 5.91 Å². The Morgan fingerprint density at radius 2 is 2.25 bits per heavy atom. The normalized spacial score (nSPS) is 10.3. The van der Waals surface area contributed by atoms with Crippen LogP contribution in [0.5, 0.6) is 11.5 Å². The zero-order chi connectivity index (χ0) is 14.7. The number of hydrogen-bond acceptors (Lipinski definition) is 4. The molecule has 6 heteroatoms. The number of rotatable bonds is 4. The Morgan fingerprint density at radius 3 is 2.80 bits per heavy atom. The van der Waals surface area contributed by atoms with Crippen molar-refractivity contribution in [1.29, 1.82) is 0 Å². The lowest BCUT2D eigenvalue weighted by atomic mass is 10.2. The molecule has 0 spiro atoms. The summed E-state index contributed by atoms with van der Waals surface area (Å²) in [6, 6.07) is 4.59. The lowest BCUT2D eigenvalue weighted by molar-refractivity contribution is 0.0780. The molecule has 0 bridgehead atoms. The van der Waals surface area contributed by atoms with Crippen LogP contribution in [0.15, 0.2) is 30.6 Å². The molecule has 1 N–H and O–H groups in total. The molecule has 20 heavy (non-hydrogen) atoms. The van der Waals surface area contributed by atoms with Crippen molar-refractivity contribution in [2.75, 3.05) is 14.2 Å². The highest BCUT2D eigenvalue weighted by atomic mass is 16.5. The number of ether oxygens (including phenoxy) is 1. The minimum atomic E-state index is -0.189. The van der Waals surface area contributed by atoms with E-state index in [2.05, 4.69) is 4.98 Å². The van der Waals surface area contributed by atoms with E-state index in [4.69, 9.17) is 4.74 Å². The molecule has 0 atom stereocenters. The van der Waals surface area contributed by atoms with Crippen molar-refractivity contribution in [3.05, 3.63) is 42.0 Å². The number of aromatic nitrogens is 2. The highest BCUT2D eigenvalue weighted by Crippen LogP contribution is 2.26. The molecule has 1 aromatic heterocycles. The Balaban J connectivity index is 2.14. The average Bonchev–Trinajstić information content (AvgIpc) is 2.83. The van der Waals surface area contributed by atoms with Crippen LogP contribution in [0.4, 0.5) is 0 Å². The Morgan fingerprint density at radius 1 is 1.50 bits per heavy atom. The zero-order valence-corrected chi connectivity index (χ0v) is 11.7. The van der Waals surface area contributed by atoms with Crippen LogP contribution in [-0.4, -0.2) is 39.6 Å². The highest BCUT2D eigenvalue weighted by Gasteiger charge is 2.15.